The number of carbonyl (C=O) groups is 1. The van der Waals surface area contributed by atoms with Gasteiger partial charge in [0.2, 0.25) is 5.91 Å². The summed E-state index contributed by atoms with van der Waals surface area (Å²) < 4.78 is 4.91. The van der Waals surface area contributed by atoms with E-state index in [-0.39, 0.29) is 5.91 Å². The highest BCUT2D eigenvalue weighted by molar-refractivity contribution is 5.76. The monoisotopic (exact) mass is 257 g/mol. The molecule has 18 heavy (non-hydrogen) atoms. The summed E-state index contributed by atoms with van der Waals surface area (Å²) in [6.07, 6.45) is 2.11. The molecule has 1 rings (SSSR count). The molecule has 0 aliphatic carbocycles. The van der Waals surface area contributed by atoms with Crippen molar-refractivity contribution in [3.63, 3.8) is 0 Å². The molecule has 104 valence electrons. The van der Waals surface area contributed by atoms with Crippen LogP contribution >= 0.6 is 0 Å². The van der Waals surface area contributed by atoms with Gasteiger partial charge in [0.25, 0.3) is 0 Å². The van der Waals surface area contributed by atoms with Gasteiger partial charge in [0, 0.05) is 46.0 Å². The number of rotatable bonds is 7. The number of oxime groups is 1. The Morgan fingerprint density at radius 3 is 2.61 bits per heavy atom. The van der Waals surface area contributed by atoms with Crippen molar-refractivity contribution < 1.29 is 14.4 Å². The summed E-state index contributed by atoms with van der Waals surface area (Å²) in [7, 11) is 1.62. The van der Waals surface area contributed by atoms with Gasteiger partial charge in [-0.3, -0.25) is 9.69 Å². The van der Waals surface area contributed by atoms with E-state index in [9.17, 15) is 4.79 Å². The number of hydrogen-bond donors (Lipinski definition) is 0. The molecule has 0 bridgehead atoms. The lowest BCUT2D eigenvalue weighted by atomic mass is 10.3. The van der Waals surface area contributed by atoms with Gasteiger partial charge < -0.3 is 14.5 Å². The van der Waals surface area contributed by atoms with E-state index in [1.165, 1.54) is 0 Å². The second-order valence-corrected chi connectivity index (χ2v) is 4.16. The van der Waals surface area contributed by atoms with Crippen LogP contribution in [-0.2, 0) is 14.4 Å². The fourth-order valence-electron chi connectivity index (χ4n) is 1.87. The lowest BCUT2D eigenvalue weighted by molar-refractivity contribution is -0.133. The number of methoxy groups -OCH3 is 1. The molecule has 1 amide bonds. The van der Waals surface area contributed by atoms with Gasteiger partial charge in [-0.25, -0.2) is 0 Å². The molecule has 1 saturated heterocycles. The molecule has 0 saturated carbocycles. The zero-order valence-corrected chi connectivity index (χ0v) is 11.3. The maximum absolute atomic E-state index is 11.7. The van der Waals surface area contributed by atoms with Crippen molar-refractivity contribution in [2.45, 2.75) is 13.3 Å². The van der Waals surface area contributed by atoms with Gasteiger partial charge in [-0.2, -0.15) is 0 Å². The Labute approximate surface area is 109 Å². The third kappa shape index (κ3) is 5.46. The molecule has 0 atom stereocenters. The van der Waals surface area contributed by atoms with Gasteiger partial charge in [-0.1, -0.05) is 5.16 Å². The minimum Gasteiger partial charge on any atom is -0.395 e. The predicted octanol–water partition coefficient (Wildman–Crippen LogP) is 0.189. The number of hydrogen-bond acceptors (Lipinski definition) is 5. The lowest BCUT2D eigenvalue weighted by Gasteiger charge is -2.34. The van der Waals surface area contributed by atoms with E-state index in [1.54, 1.807) is 13.3 Å². The highest BCUT2D eigenvalue weighted by Gasteiger charge is 2.20. The fraction of sp³-hybridized carbons (Fsp3) is 0.833. The molecule has 1 aliphatic heterocycles. The van der Waals surface area contributed by atoms with E-state index in [0.29, 0.717) is 19.6 Å². The van der Waals surface area contributed by atoms with Gasteiger partial charge in [0.15, 0.2) is 0 Å². The average molecular weight is 257 g/mol. The molecular formula is C12H23N3O3. The van der Waals surface area contributed by atoms with Crippen LogP contribution in [0.15, 0.2) is 5.16 Å². The number of ether oxygens (including phenoxy) is 1. The van der Waals surface area contributed by atoms with Crippen molar-refractivity contribution in [3.8, 4) is 0 Å². The summed E-state index contributed by atoms with van der Waals surface area (Å²) in [6, 6.07) is 0. The standard InChI is InChI=1S/C12H23N3O3/c1-3-13-18-11-9-14-5-7-15(8-6-14)12(16)4-10-17-2/h3H,4-11H2,1-2H3/b13-3+. The first-order chi connectivity index (χ1) is 8.77. The topological polar surface area (TPSA) is 54.4 Å². The normalized spacial score (nSPS) is 17.3. The van der Waals surface area contributed by atoms with Gasteiger partial charge >= 0.3 is 0 Å². The molecule has 6 nitrogen and oxygen atoms in total. The number of nitrogens with zero attached hydrogens (tertiary/aromatic N) is 3. The SMILES string of the molecule is C/C=N/OCCN1CCN(C(=O)CCOC)CC1. The van der Waals surface area contributed by atoms with E-state index in [0.717, 1.165) is 32.7 Å². The van der Waals surface area contributed by atoms with Crippen LogP contribution in [0.5, 0.6) is 0 Å². The summed E-state index contributed by atoms with van der Waals surface area (Å²) in [5.41, 5.74) is 0. The molecule has 0 spiro atoms. The Morgan fingerprint density at radius 1 is 1.28 bits per heavy atom. The zero-order valence-electron chi connectivity index (χ0n) is 11.3. The Morgan fingerprint density at radius 2 is 2.00 bits per heavy atom. The molecule has 0 aromatic carbocycles. The molecule has 1 aliphatic rings. The van der Waals surface area contributed by atoms with Crippen LogP contribution in [0.1, 0.15) is 13.3 Å². The third-order valence-corrected chi connectivity index (χ3v) is 2.92. The first-order valence-corrected chi connectivity index (χ1v) is 6.37. The van der Waals surface area contributed by atoms with Crippen LogP contribution in [-0.4, -0.2) is 75.0 Å². The highest BCUT2D eigenvalue weighted by Crippen LogP contribution is 2.03. The average Bonchev–Trinajstić information content (AvgIpc) is 2.41. The van der Waals surface area contributed by atoms with E-state index in [1.807, 2.05) is 11.8 Å². The summed E-state index contributed by atoms with van der Waals surface area (Å²) in [4.78, 5) is 21.0. The van der Waals surface area contributed by atoms with Crippen molar-refractivity contribution in [1.82, 2.24) is 9.80 Å². The van der Waals surface area contributed by atoms with Crippen LogP contribution < -0.4 is 0 Å². The van der Waals surface area contributed by atoms with E-state index < -0.39 is 0 Å². The second-order valence-electron chi connectivity index (χ2n) is 4.16. The Bertz CT molecular complexity index is 263. The molecular weight excluding hydrogens is 234 g/mol. The van der Waals surface area contributed by atoms with E-state index >= 15 is 0 Å². The smallest absolute Gasteiger partial charge is 0.224 e. The first kappa shape index (κ1) is 14.9. The predicted molar refractivity (Wildman–Crippen MR) is 69.6 cm³/mol. The van der Waals surface area contributed by atoms with Crippen molar-refractivity contribution in [3.05, 3.63) is 0 Å². The Kier molecular flexibility index (Phi) is 7.36. The third-order valence-electron chi connectivity index (χ3n) is 2.92. The van der Waals surface area contributed by atoms with Gasteiger partial charge in [0.05, 0.1) is 13.0 Å². The highest BCUT2D eigenvalue weighted by atomic mass is 16.6. The maximum Gasteiger partial charge on any atom is 0.224 e. The van der Waals surface area contributed by atoms with Crippen molar-refractivity contribution in [2.75, 3.05) is 53.0 Å². The number of carbonyl (C=O) groups excluding carboxylic acids is 1. The molecule has 0 aromatic rings. The minimum atomic E-state index is 0.184. The zero-order chi connectivity index (χ0) is 13.2. The lowest BCUT2D eigenvalue weighted by Crippen LogP contribution is -2.49. The summed E-state index contributed by atoms with van der Waals surface area (Å²) in [6.45, 7) is 7.17. The summed E-state index contributed by atoms with van der Waals surface area (Å²) >= 11 is 0. The van der Waals surface area contributed by atoms with E-state index in [2.05, 4.69) is 10.1 Å². The van der Waals surface area contributed by atoms with Crippen LogP contribution in [0, 0.1) is 0 Å². The first-order valence-electron chi connectivity index (χ1n) is 6.37. The van der Waals surface area contributed by atoms with Crippen molar-refractivity contribution in [1.29, 1.82) is 0 Å². The van der Waals surface area contributed by atoms with Crippen LogP contribution in [0.4, 0.5) is 0 Å². The van der Waals surface area contributed by atoms with Crippen molar-refractivity contribution in [2.24, 2.45) is 5.16 Å². The molecule has 0 unspecified atom stereocenters. The number of amides is 1. The van der Waals surface area contributed by atoms with Crippen LogP contribution in [0.3, 0.4) is 0 Å². The summed E-state index contributed by atoms with van der Waals surface area (Å²) in [5.74, 6) is 0.184. The van der Waals surface area contributed by atoms with Gasteiger partial charge in [-0.15, -0.1) is 0 Å². The molecule has 0 N–H and O–H groups in total. The Balaban J connectivity index is 2.14. The molecule has 1 fully saturated rings. The Hall–Kier alpha value is -1.14. The molecule has 1 heterocycles. The minimum absolute atomic E-state index is 0.184. The molecule has 6 heteroatoms. The van der Waals surface area contributed by atoms with Gasteiger partial charge in [0.1, 0.15) is 6.61 Å². The molecule has 0 radical (unpaired) electrons. The maximum atomic E-state index is 11.7. The van der Waals surface area contributed by atoms with Crippen LogP contribution in [0.2, 0.25) is 0 Å². The van der Waals surface area contributed by atoms with E-state index in [4.69, 9.17) is 9.57 Å². The van der Waals surface area contributed by atoms with Gasteiger partial charge in [-0.05, 0) is 6.92 Å². The molecule has 0 aromatic heterocycles. The van der Waals surface area contributed by atoms with Crippen LogP contribution in [0.25, 0.3) is 0 Å². The number of piperazine rings is 1. The summed E-state index contributed by atoms with van der Waals surface area (Å²) in [5, 5.41) is 3.70. The largest absolute Gasteiger partial charge is 0.395 e. The fourth-order valence-corrected chi connectivity index (χ4v) is 1.87. The second kappa shape index (κ2) is 8.88. The quantitative estimate of drug-likeness (QED) is 0.371. The van der Waals surface area contributed by atoms with Crippen molar-refractivity contribution >= 4 is 12.1 Å².